The van der Waals surface area contributed by atoms with E-state index in [1.165, 1.54) is 0 Å². The van der Waals surface area contributed by atoms with E-state index in [4.69, 9.17) is 0 Å². The second-order valence-electron chi connectivity index (χ2n) is 8.90. The second kappa shape index (κ2) is 8.01. The van der Waals surface area contributed by atoms with Gasteiger partial charge in [0.2, 0.25) is 5.95 Å². The molecule has 0 spiro atoms. The van der Waals surface area contributed by atoms with E-state index in [0.717, 1.165) is 5.52 Å². The van der Waals surface area contributed by atoms with Crippen molar-refractivity contribution in [1.82, 2.24) is 24.5 Å². The molecule has 1 aliphatic rings. The molecule has 1 fully saturated rings. The monoisotopic (exact) mass is 429 g/mol. The summed E-state index contributed by atoms with van der Waals surface area (Å²) in [4.78, 5) is 19.4. The van der Waals surface area contributed by atoms with Gasteiger partial charge in [-0.05, 0) is 19.9 Å². The van der Waals surface area contributed by atoms with Gasteiger partial charge in [0.1, 0.15) is 35.8 Å². The van der Waals surface area contributed by atoms with Gasteiger partial charge in [0.05, 0.1) is 24.4 Å². The van der Waals surface area contributed by atoms with Crippen LogP contribution in [0.5, 0.6) is 0 Å². The molecule has 0 amide bonds. The van der Waals surface area contributed by atoms with Gasteiger partial charge in [-0.2, -0.15) is 4.98 Å². The topological polar surface area (TPSA) is 112 Å². The maximum absolute atomic E-state index is 14.3. The van der Waals surface area contributed by atoms with Crippen molar-refractivity contribution in [3.05, 3.63) is 30.4 Å². The Labute approximate surface area is 180 Å². The van der Waals surface area contributed by atoms with Crippen LogP contribution in [0.4, 0.5) is 22.0 Å². The van der Waals surface area contributed by atoms with Crippen LogP contribution in [0, 0.1) is 5.41 Å². The number of fused-ring (bicyclic) bond motifs is 1. The summed E-state index contributed by atoms with van der Waals surface area (Å²) in [7, 11) is 0. The third-order valence-corrected chi connectivity index (χ3v) is 5.63. The summed E-state index contributed by atoms with van der Waals surface area (Å²) in [6.45, 7) is 8.04. The van der Waals surface area contributed by atoms with Gasteiger partial charge in [-0.25, -0.2) is 19.3 Å². The Kier molecular flexibility index (Phi) is 5.52. The number of aliphatic hydroxyl groups is 2. The summed E-state index contributed by atoms with van der Waals surface area (Å²) in [5.41, 5.74) is 0.948. The third-order valence-electron chi connectivity index (χ3n) is 5.63. The molecule has 3 N–H and O–H groups in total. The summed E-state index contributed by atoms with van der Waals surface area (Å²) in [6.07, 6.45) is 0.872. The van der Waals surface area contributed by atoms with Gasteiger partial charge in [-0.15, -0.1) is 0 Å². The van der Waals surface area contributed by atoms with Crippen molar-refractivity contribution in [2.75, 3.05) is 23.3 Å². The second-order valence-corrected chi connectivity index (χ2v) is 8.90. The number of nitrogens with one attached hydrogen (secondary N) is 1. The highest BCUT2D eigenvalue weighted by molar-refractivity contribution is 5.79. The number of aliphatic hydroxyl groups excluding tert-OH is 2. The first-order valence-electron chi connectivity index (χ1n) is 10.3. The molecule has 4 rings (SSSR count). The molecule has 2 atom stereocenters. The lowest BCUT2D eigenvalue weighted by atomic mass is 9.80. The number of aromatic nitrogens is 5. The van der Waals surface area contributed by atoms with Crippen LogP contribution in [0.25, 0.3) is 11.0 Å². The molecule has 31 heavy (non-hydrogen) atoms. The molecule has 10 heteroatoms. The number of imidazole rings is 1. The molecule has 1 aliphatic heterocycles. The standard InChI is InChI=1S/C21H28FN7O2/c1-12(2)29-15-7-17(24-8-14(15)25-18(29)10-30)26-16-5-6-23-20(27-16)28-9-13(22)19(31)21(3,4)11-28/h5-8,12-13,19,30-31H,9-11H2,1-4H3,(H,23,24,26,27). The minimum atomic E-state index is -1.37. The molecular formula is C21H28FN7O2. The number of rotatable bonds is 5. The summed E-state index contributed by atoms with van der Waals surface area (Å²) in [5, 5.41) is 22.9. The Hall–Kier alpha value is -2.85. The number of alkyl halides is 1. The first-order valence-corrected chi connectivity index (χ1v) is 10.3. The van der Waals surface area contributed by atoms with E-state index in [1.54, 1.807) is 23.4 Å². The summed E-state index contributed by atoms with van der Waals surface area (Å²) in [6, 6.07) is 3.70. The zero-order chi connectivity index (χ0) is 22.3. The molecule has 0 radical (unpaired) electrons. The van der Waals surface area contributed by atoms with Crippen LogP contribution in [-0.2, 0) is 6.61 Å². The predicted octanol–water partition coefficient (Wildman–Crippen LogP) is 2.58. The zero-order valence-electron chi connectivity index (χ0n) is 18.1. The summed E-state index contributed by atoms with van der Waals surface area (Å²) in [5.74, 6) is 2.07. The van der Waals surface area contributed by atoms with Crippen molar-refractivity contribution < 1.29 is 14.6 Å². The minimum absolute atomic E-state index is 0.0375. The lowest BCUT2D eigenvalue weighted by Crippen LogP contribution is -2.55. The third kappa shape index (κ3) is 4.05. The Balaban J connectivity index is 1.61. The van der Waals surface area contributed by atoms with Crippen molar-refractivity contribution in [2.45, 2.75) is 52.6 Å². The quantitative estimate of drug-likeness (QED) is 0.567. The number of nitrogens with zero attached hydrogens (tertiary/aromatic N) is 6. The highest BCUT2D eigenvalue weighted by atomic mass is 19.1. The van der Waals surface area contributed by atoms with E-state index in [9.17, 15) is 14.6 Å². The summed E-state index contributed by atoms with van der Waals surface area (Å²) < 4.78 is 16.3. The van der Waals surface area contributed by atoms with Crippen LogP contribution in [0.3, 0.4) is 0 Å². The first-order chi connectivity index (χ1) is 14.7. The van der Waals surface area contributed by atoms with Crippen LogP contribution in [0.2, 0.25) is 0 Å². The molecule has 3 aromatic heterocycles. The van der Waals surface area contributed by atoms with Gasteiger partial charge >= 0.3 is 0 Å². The number of halogens is 1. The lowest BCUT2D eigenvalue weighted by molar-refractivity contribution is -0.0257. The molecule has 0 bridgehead atoms. The van der Waals surface area contributed by atoms with Gasteiger partial charge < -0.3 is 25.0 Å². The molecule has 9 nitrogen and oxygen atoms in total. The molecule has 0 saturated carbocycles. The van der Waals surface area contributed by atoms with Crippen molar-refractivity contribution in [2.24, 2.45) is 5.41 Å². The van der Waals surface area contributed by atoms with E-state index in [1.807, 2.05) is 38.3 Å². The van der Waals surface area contributed by atoms with Crippen LogP contribution >= 0.6 is 0 Å². The Morgan fingerprint density at radius 3 is 2.71 bits per heavy atom. The van der Waals surface area contributed by atoms with E-state index in [-0.39, 0.29) is 19.2 Å². The lowest BCUT2D eigenvalue weighted by Gasteiger charge is -2.43. The Bertz CT molecular complexity index is 1080. The van der Waals surface area contributed by atoms with Crippen LogP contribution < -0.4 is 10.2 Å². The normalized spacial score (nSPS) is 21.1. The molecule has 1 saturated heterocycles. The first kappa shape index (κ1) is 21.4. The highest BCUT2D eigenvalue weighted by Gasteiger charge is 2.42. The van der Waals surface area contributed by atoms with Crippen molar-refractivity contribution >= 4 is 28.6 Å². The smallest absolute Gasteiger partial charge is 0.227 e. The minimum Gasteiger partial charge on any atom is -0.389 e. The number of pyridine rings is 1. The fourth-order valence-corrected chi connectivity index (χ4v) is 4.11. The van der Waals surface area contributed by atoms with Crippen molar-refractivity contribution in [3.8, 4) is 0 Å². The average Bonchev–Trinajstić information content (AvgIpc) is 3.10. The van der Waals surface area contributed by atoms with Gasteiger partial charge in [0, 0.05) is 30.3 Å². The fraction of sp³-hybridized carbons (Fsp3) is 0.524. The molecule has 0 aromatic carbocycles. The number of hydrogen-bond acceptors (Lipinski definition) is 8. The van der Waals surface area contributed by atoms with E-state index >= 15 is 0 Å². The molecule has 166 valence electrons. The SMILES string of the molecule is CC(C)n1c(CO)nc2cnc(Nc3ccnc(N4CC(F)C(O)C(C)(C)C4)n3)cc21. The largest absolute Gasteiger partial charge is 0.389 e. The van der Waals surface area contributed by atoms with E-state index in [0.29, 0.717) is 35.5 Å². The molecule has 0 aliphatic carbocycles. The molecular weight excluding hydrogens is 401 g/mol. The fourth-order valence-electron chi connectivity index (χ4n) is 4.11. The van der Waals surface area contributed by atoms with Crippen LogP contribution in [0.15, 0.2) is 24.5 Å². The number of anilines is 3. The van der Waals surface area contributed by atoms with Crippen LogP contribution in [0.1, 0.15) is 39.6 Å². The van der Waals surface area contributed by atoms with E-state index < -0.39 is 17.7 Å². The van der Waals surface area contributed by atoms with Crippen LogP contribution in [-0.4, -0.2) is 60.1 Å². The maximum atomic E-state index is 14.3. The van der Waals surface area contributed by atoms with Gasteiger partial charge in [0.15, 0.2) is 0 Å². The summed E-state index contributed by atoms with van der Waals surface area (Å²) >= 11 is 0. The highest BCUT2D eigenvalue weighted by Crippen LogP contribution is 2.33. The Morgan fingerprint density at radius 2 is 2.03 bits per heavy atom. The average molecular weight is 430 g/mol. The van der Waals surface area contributed by atoms with Gasteiger partial charge in [0.25, 0.3) is 0 Å². The van der Waals surface area contributed by atoms with E-state index in [2.05, 4.69) is 25.3 Å². The van der Waals surface area contributed by atoms with Crippen molar-refractivity contribution in [3.63, 3.8) is 0 Å². The van der Waals surface area contributed by atoms with Gasteiger partial charge in [-0.1, -0.05) is 13.8 Å². The predicted molar refractivity (Wildman–Crippen MR) is 116 cm³/mol. The molecule has 4 heterocycles. The molecule has 2 unspecified atom stereocenters. The number of piperidine rings is 1. The van der Waals surface area contributed by atoms with Gasteiger partial charge in [-0.3, -0.25) is 0 Å². The molecule has 3 aromatic rings. The Morgan fingerprint density at radius 1 is 1.26 bits per heavy atom. The number of hydrogen-bond donors (Lipinski definition) is 3. The zero-order valence-corrected chi connectivity index (χ0v) is 18.1. The maximum Gasteiger partial charge on any atom is 0.227 e. The van der Waals surface area contributed by atoms with Crippen molar-refractivity contribution in [1.29, 1.82) is 0 Å².